The van der Waals surface area contributed by atoms with Gasteiger partial charge in [0.05, 0.1) is 51.0 Å². The number of hydrogen-bond acceptors (Lipinski definition) is 5. The van der Waals surface area contributed by atoms with E-state index in [1.54, 1.807) is 0 Å². The van der Waals surface area contributed by atoms with Crippen molar-refractivity contribution in [1.29, 1.82) is 0 Å². The average molecular weight is 493 g/mol. The minimum Gasteiger partial charge on any atom is -0.548 e. The summed E-state index contributed by atoms with van der Waals surface area (Å²) in [6, 6.07) is 29.4. The Bertz CT molecular complexity index is 937. The van der Waals surface area contributed by atoms with Crippen LogP contribution in [0.15, 0.2) is 84.9 Å². The topological polar surface area (TPSA) is 87.2 Å². The maximum absolute atomic E-state index is 10.4. The number of ether oxygens (including phenoxy) is 2. The molecule has 0 unspecified atom stereocenters. The normalized spacial score (nSPS) is 11.0. The lowest BCUT2D eigenvalue weighted by Crippen LogP contribution is -2.82. The molecule has 194 valence electrons. The first-order valence-corrected chi connectivity index (χ1v) is 12.6. The summed E-state index contributed by atoms with van der Waals surface area (Å²) in [7, 11) is 0. The van der Waals surface area contributed by atoms with E-state index in [1.807, 2.05) is 36.4 Å². The third-order valence-corrected chi connectivity index (χ3v) is 5.70. The van der Waals surface area contributed by atoms with Gasteiger partial charge in [0.1, 0.15) is 0 Å². The largest absolute Gasteiger partial charge is 0.548 e. The SMILES string of the molecule is CC[NH2+]CC.Cc1ccc(C(NCCOCCOCC(=O)[O-])(c2ccccc2)c2ccccc2)cc1. The maximum atomic E-state index is 10.4. The lowest BCUT2D eigenvalue weighted by molar-refractivity contribution is -0.648. The van der Waals surface area contributed by atoms with Gasteiger partial charge in [0.25, 0.3) is 0 Å². The van der Waals surface area contributed by atoms with E-state index in [4.69, 9.17) is 9.47 Å². The number of carbonyl (C=O) groups is 1. The van der Waals surface area contributed by atoms with Crippen LogP contribution in [0.1, 0.15) is 36.1 Å². The van der Waals surface area contributed by atoms with Gasteiger partial charge in [0.2, 0.25) is 0 Å². The Hall–Kier alpha value is -3.03. The molecule has 0 radical (unpaired) electrons. The van der Waals surface area contributed by atoms with Crippen LogP contribution < -0.4 is 15.7 Å². The monoisotopic (exact) mass is 492 g/mol. The van der Waals surface area contributed by atoms with Gasteiger partial charge >= 0.3 is 0 Å². The molecule has 0 saturated heterocycles. The van der Waals surface area contributed by atoms with Gasteiger partial charge in [-0.1, -0.05) is 90.5 Å². The van der Waals surface area contributed by atoms with Crippen LogP contribution in [-0.2, 0) is 19.8 Å². The molecule has 0 heterocycles. The molecule has 0 fully saturated rings. The molecular formula is C30H40N2O4. The molecule has 3 aromatic carbocycles. The molecule has 36 heavy (non-hydrogen) atoms. The van der Waals surface area contributed by atoms with Crippen LogP contribution in [0.25, 0.3) is 0 Å². The van der Waals surface area contributed by atoms with E-state index in [9.17, 15) is 9.90 Å². The minimum absolute atomic E-state index is 0.217. The number of nitrogens with two attached hydrogens (primary N) is 1. The number of nitrogens with one attached hydrogen (secondary N) is 1. The molecule has 6 heteroatoms. The van der Waals surface area contributed by atoms with Crippen molar-refractivity contribution in [3.05, 3.63) is 107 Å². The van der Waals surface area contributed by atoms with Gasteiger partial charge in [0.15, 0.2) is 0 Å². The van der Waals surface area contributed by atoms with E-state index >= 15 is 0 Å². The number of rotatable bonds is 14. The first kappa shape index (κ1) is 29.2. The molecule has 0 aliphatic heterocycles. The van der Waals surface area contributed by atoms with Crippen molar-refractivity contribution in [2.24, 2.45) is 0 Å². The highest BCUT2D eigenvalue weighted by atomic mass is 16.5. The molecule has 0 spiro atoms. The zero-order valence-corrected chi connectivity index (χ0v) is 21.7. The Morgan fingerprint density at radius 1 is 0.778 bits per heavy atom. The van der Waals surface area contributed by atoms with Crippen LogP contribution >= 0.6 is 0 Å². The fourth-order valence-corrected chi connectivity index (χ4v) is 3.96. The van der Waals surface area contributed by atoms with Crippen molar-refractivity contribution < 1.29 is 24.7 Å². The van der Waals surface area contributed by atoms with E-state index in [0.29, 0.717) is 19.8 Å². The summed E-state index contributed by atoms with van der Waals surface area (Å²) in [6.45, 7) is 10.0. The molecule has 6 nitrogen and oxygen atoms in total. The van der Waals surface area contributed by atoms with Crippen LogP contribution in [0, 0.1) is 6.92 Å². The Morgan fingerprint density at radius 3 is 1.75 bits per heavy atom. The van der Waals surface area contributed by atoms with Gasteiger partial charge in [0, 0.05) is 6.54 Å². The summed E-state index contributed by atoms with van der Waals surface area (Å²) in [5, 5.41) is 16.4. The number of quaternary nitrogens is 1. The second kappa shape index (κ2) is 16.6. The van der Waals surface area contributed by atoms with Crippen LogP contribution in [0.4, 0.5) is 0 Å². The molecule has 3 aromatic rings. The minimum atomic E-state index is -1.23. The Labute approximate surface area is 215 Å². The zero-order valence-electron chi connectivity index (χ0n) is 21.7. The number of aryl methyl sites for hydroxylation is 1. The summed E-state index contributed by atoms with van der Waals surface area (Å²) in [6.07, 6.45) is 0. The predicted molar refractivity (Wildman–Crippen MR) is 142 cm³/mol. The third kappa shape index (κ3) is 9.21. The highest BCUT2D eigenvalue weighted by Gasteiger charge is 2.35. The van der Waals surface area contributed by atoms with Crippen LogP contribution in [0.2, 0.25) is 0 Å². The average Bonchev–Trinajstić information content (AvgIpc) is 2.90. The van der Waals surface area contributed by atoms with Gasteiger partial charge < -0.3 is 24.7 Å². The predicted octanol–water partition coefficient (Wildman–Crippen LogP) is 2.25. The molecule has 0 aliphatic carbocycles. The molecule has 0 amide bonds. The van der Waals surface area contributed by atoms with E-state index in [0.717, 1.165) is 16.7 Å². The smallest absolute Gasteiger partial charge is 0.0948 e. The van der Waals surface area contributed by atoms with E-state index in [-0.39, 0.29) is 6.61 Å². The molecule has 0 aromatic heterocycles. The van der Waals surface area contributed by atoms with Crippen molar-refractivity contribution in [2.75, 3.05) is 46.1 Å². The second-order valence-corrected chi connectivity index (χ2v) is 8.42. The van der Waals surface area contributed by atoms with Gasteiger partial charge in [-0.3, -0.25) is 5.32 Å². The molecule has 0 aliphatic rings. The van der Waals surface area contributed by atoms with Crippen LogP contribution in [0.3, 0.4) is 0 Å². The van der Waals surface area contributed by atoms with Crippen molar-refractivity contribution in [3.8, 4) is 0 Å². The van der Waals surface area contributed by atoms with Crippen molar-refractivity contribution >= 4 is 5.97 Å². The first-order chi connectivity index (χ1) is 17.5. The first-order valence-electron chi connectivity index (χ1n) is 12.6. The number of carbonyl (C=O) groups excluding carboxylic acids is 1. The Morgan fingerprint density at radius 2 is 1.28 bits per heavy atom. The summed E-state index contributed by atoms with van der Waals surface area (Å²) in [5.41, 5.74) is 4.10. The van der Waals surface area contributed by atoms with Crippen molar-refractivity contribution in [1.82, 2.24) is 5.32 Å². The van der Waals surface area contributed by atoms with Gasteiger partial charge in [-0.05, 0) is 37.5 Å². The maximum Gasteiger partial charge on any atom is 0.0948 e. The summed E-state index contributed by atoms with van der Waals surface area (Å²) in [5.74, 6) is -1.23. The molecule has 0 atom stereocenters. The number of carboxylic acid groups (broad SMARTS) is 1. The number of carboxylic acids is 1. The standard InChI is InChI=1S/C26H29NO4.C4H11N/c1-21-12-14-24(15-13-21)26(22-8-4-2-5-9-22,23-10-6-3-7-11-23)27-16-17-30-18-19-31-20-25(28)29;1-3-5-4-2/h2-15,27H,16-20H2,1H3,(H,28,29);5H,3-4H2,1-2H3. The molecule has 0 saturated carbocycles. The van der Waals surface area contributed by atoms with Crippen LogP contribution in [-0.4, -0.2) is 52.0 Å². The van der Waals surface area contributed by atoms with Gasteiger partial charge in [-0.2, -0.15) is 0 Å². The number of benzene rings is 3. The fourth-order valence-electron chi connectivity index (χ4n) is 3.96. The quantitative estimate of drug-likeness (QED) is 0.266. The molecular weight excluding hydrogens is 452 g/mol. The molecule has 3 N–H and O–H groups in total. The second-order valence-electron chi connectivity index (χ2n) is 8.42. The summed E-state index contributed by atoms with van der Waals surface area (Å²) >= 11 is 0. The molecule has 0 bridgehead atoms. The molecule has 3 rings (SSSR count). The number of aliphatic carboxylic acids is 1. The Kier molecular flexibility index (Phi) is 13.5. The highest BCUT2D eigenvalue weighted by molar-refractivity contribution is 5.65. The fraction of sp³-hybridized carbons (Fsp3) is 0.367. The van der Waals surface area contributed by atoms with Gasteiger partial charge in [-0.15, -0.1) is 0 Å². The lowest BCUT2D eigenvalue weighted by Gasteiger charge is -2.37. The van der Waals surface area contributed by atoms with Gasteiger partial charge in [-0.25, -0.2) is 0 Å². The van der Waals surface area contributed by atoms with E-state index < -0.39 is 18.1 Å². The number of hydrogen-bond donors (Lipinski definition) is 2. The zero-order chi connectivity index (χ0) is 26.1. The summed E-state index contributed by atoms with van der Waals surface area (Å²) in [4.78, 5) is 10.4. The highest BCUT2D eigenvalue weighted by Crippen LogP contribution is 2.36. The summed E-state index contributed by atoms with van der Waals surface area (Å²) < 4.78 is 10.6. The third-order valence-electron chi connectivity index (χ3n) is 5.70. The van der Waals surface area contributed by atoms with E-state index in [1.165, 1.54) is 18.7 Å². The Balaban J connectivity index is 0.000000830. The van der Waals surface area contributed by atoms with Crippen molar-refractivity contribution in [3.63, 3.8) is 0 Å². The van der Waals surface area contributed by atoms with E-state index in [2.05, 4.69) is 79.9 Å². The lowest BCUT2D eigenvalue weighted by atomic mass is 9.77. The van der Waals surface area contributed by atoms with Crippen LogP contribution in [0.5, 0.6) is 0 Å². The van der Waals surface area contributed by atoms with Crippen molar-refractivity contribution in [2.45, 2.75) is 26.3 Å².